The number of aliphatic carboxylic acids is 1. The van der Waals surface area contributed by atoms with Crippen molar-refractivity contribution in [2.45, 2.75) is 55.5 Å². The van der Waals surface area contributed by atoms with Gasteiger partial charge in [-0.1, -0.05) is 36.1 Å². The molecule has 13 nitrogen and oxygen atoms in total. The molecule has 2 atom stereocenters. The lowest BCUT2D eigenvalue weighted by molar-refractivity contribution is -0.150. The van der Waals surface area contributed by atoms with E-state index in [0.717, 1.165) is 11.3 Å². The van der Waals surface area contributed by atoms with E-state index in [9.17, 15) is 24.3 Å². The number of carbonyl (C=O) groups excluding carboxylic acids is 3. The number of anilines is 2. The van der Waals surface area contributed by atoms with E-state index in [1.165, 1.54) is 39.8 Å². The molecule has 0 bridgehead atoms. The number of fused-ring (bicyclic) bond motifs is 1. The minimum absolute atomic E-state index is 0.0779. The lowest BCUT2D eigenvalue weighted by atomic mass is 10.0. The van der Waals surface area contributed by atoms with Crippen LogP contribution in [0, 0.1) is 0 Å². The molecule has 2 aliphatic rings. The van der Waals surface area contributed by atoms with Crippen LogP contribution in [0.2, 0.25) is 0 Å². The number of amides is 3. The van der Waals surface area contributed by atoms with Crippen molar-refractivity contribution < 1.29 is 29.0 Å². The lowest BCUT2D eigenvalue weighted by Gasteiger charge is -2.49. The Morgan fingerprint density at radius 1 is 1.32 bits per heavy atom. The van der Waals surface area contributed by atoms with Gasteiger partial charge in [0.1, 0.15) is 22.7 Å². The van der Waals surface area contributed by atoms with E-state index in [1.807, 2.05) is 6.92 Å². The van der Waals surface area contributed by atoms with E-state index in [0.29, 0.717) is 38.7 Å². The van der Waals surface area contributed by atoms with Crippen molar-refractivity contribution >= 4 is 85.9 Å². The summed E-state index contributed by atoms with van der Waals surface area (Å²) in [7, 11) is 0. The average molecular weight is 626 g/mol. The number of hydrogen-bond donors (Lipinski definition) is 4. The summed E-state index contributed by atoms with van der Waals surface area (Å²) in [5, 5.41) is 24.5. The maximum Gasteiger partial charge on any atom is 0.413 e. The molecule has 0 spiro atoms. The highest BCUT2D eigenvalue weighted by molar-refractivity contribution is 8.01. The van der Waals surface area contributed by atoms with Crippen LogP contribution >= 0.6 is 46.2 Å². The quantitative estimate of drug-likeness (QED) is 0.181. The first-order valence-electron chi connectivity index (χ1n) is 12.0. The molecular weight excluding hydrogens is 599 g/mol. The smallest absolute Gasteiger partial charge is 0.413 e. The molecule has 2 aromatic heterocycles. The van der Waals surface area contributed by atoms with Crippen molar-refractivity contribution in [1.29, 1.82) is 0 Å². The maximum absolute atomic E-state index is 13.3. The second-order valence-electron chi connectivity index (χ2n) is 9.50. The number of ether oxygens (including phenoxy) is 1. The van der Waals surface area contributed by atoms with E-state index in [2.05, 4.69) is 25.8 Å². The zero-order chi connectivity index (χ0) is 29.2. The fourth-order valence-electron chi connectivity index (χ4n) is 3.80. The van der Waals surface area contributed by atoms with Crippen molar-refractivity contribution in [2.24, 2.45) is 0 Å². The first kappa shape index (κ1) is 29.8. The van der Waals surface area contributed by atoms with Gasteiger partial charge in [0.25, 0.3) is 11.8 Å². The van der Waals surface area contributed by atoms with Crippen LogP contribution in [0.15, 0.2) is 27.1 Å². The van der Waals surface area contributed by atoms with Crippen LogP contribution in [0.4, 0.5) is 15.1 Å². The number of carboxylic acids is 1. The van der Waals surface area contributed by atoms with E-state index in [1.54, 1.807) is 32.2 Å². The van der Waals surface area contributed by atoms with Gasteiger partial charge in [0.15, 0.2) is 9.47 Å². The van der Waals surface area contributed by atoms with Gasteiger partial charge in [-0.3, -0.25) is 19.8 Å². The summed E-state index contributed by atoms with van der Waals surface area (Å²) in [6.45, 7) is 7.08. The zero-order valence-electron chi connectivity index (χ0n) is 21.9. The number of thiazole rings is 1. The fraction of sp³-hybridized carbons (Fsp3) is 0.435. The first-order valence-corrected chi connectivity index (χ1v) is 15.7. The van der Waals surface area contributed by atoms with E-state index in [4.69, 9.17) is 10.5 Å². The van der Waals surface area contributed by atoms with Crippen LogP contribution in [-0.2, 0) is 19.1 Å². The summed E-state index contributed by atoms with van der Waals surface area (Å²) < 4.78 is 5.84. The average Bonchev–Trinajstić information content (AvgIpc) is 3.50. The zero-order valence-corrected chi connectivity index (χ0v) is 25.2. The van der Waals surface area contributed by atoms with Crippen LogP contribution in [0.3, 0.4) is 0 Å². The van der Waals surface area contributed by atoms with Crippen LogP contribution < -0.4 is 16.4 Å². The summed E-state index contributed by atoms with van der Waals surface area (Å²) in [6, 6.07) is -0.901. The number of aromatic nitrogens is 3. The van der Waals surface area contributed by atoms with Crippen LogP contribution in [0.25, 0.3) is 5.57 Å². The number of carbonyl (C=O) groups is 4. The van der Waals surface area contributed by atoms with Gasteiger partial charge >= 0.3 is 12.1 Å². The molecule has 0 saturated carbocycles. The van der Waals surface area contributed by atoms with Crippen molar-refractivity contribution in [2.75, 3.05) is 22.6 Å². The van der Waals surface area contributed by atoms with Crippen LogP contribution in [-0.4, -0.2) is 77.6 Å². The lowest BCUT2D eigenvalue weighted by Crippen LogP contribution is -2.70. The van der Waals surface area contributed by atoms with Gasteiger partial charge < -0.3 is 20.9 Å². The summed E-state index contributed by atoms with van der Waals surface area (Å²) in [5.74, 6) is -1.57. The molecule has 214 valence electrons. The predicted octanol–water partition coefficient (Wildman–Crippen LogP) is 3.25. The summed E-state index contributed by atoms with van der Waals surface area (Å²) in [5.41, 5.74) is 6.00. The molecule has 1 fully saturated rings. The molecule has 2 aliphatic heterocycles. The normalized spacial score (nSPS) is 19.1. The first-order chi connectivity index (χ1) is 18.9. The van der Waals surface area contributed by atoms with Crippen molar-refractivity contribution in [1.82, 2.24) is 25.4 Å². The fourth-order valence-corrected chi connectivity index (χ4v) is 7.62. The molecule has 5 N–H and O–H groups in total. The number of nitrogens with one attached hydrogen (secondary N) is 2. The van der Waals surface area contributed by atoms with Gasteiger partial charge in [-0.25, -0.2) is 14.6 Å². The Kier molecular flexibility index (Phi) is 9.06. The summed E-state index contributed by atoms with van der Waals surface area (Å²) in [6.07, 6.45) is 1.53. The molecular formula is C23H27N7O6S4. The highest BCUT2D eigenvalue weighted by Crippen LogP contribution is 2.42. The Bertz CT molecular complexity index is 1400. The minimum Gasteiger partial charge on any atom is -0.477 e. The highest BCUT2D eigenvalue weighted by atomic mass is 32.2. The number of thioether (sulfide) groups is 2. The van der Waals surface area contributed by atoms with Crippen LogP contribution in [0.1, 0.15) is 39.8 Å². The van der Waals surface area contributed by atoms with Gasteiger partial charge in [0, 0.05) is 16.9 Å². The van der Waals surface area contributed by atoms with E-state index < -0.39 is 40.9 Å². The van der Waals surface area contributed by atoms with E-state index in [-0.39, 0.29) is 16.4 Å². The number of nitrogen functional groups attached to an aromatic ring is 1. The Morgan fingerprint density at radius 3 is 2.70 bits per heavy atom. The van der Waals surface area contributed by atoms with Gasteiger partial charge in [0.05, 0.1) is 11.3 Å². The largest absolute Gasteiger partial charge is 0.477 e. The van der Waals surface area contributed by atoms with Gasteiger partial charge in [-0.15, -0.1) is 33.3 Å². The van der Waals surface area contributed by atoms with Crippen LogP contribution in [0.5, 0.6) is 0 Å². The number of carboxylic acid groups (broad SMARTS) is 1. The molecule has 40 heavy (non-hydrogen) atoms. The Balaban J connectivity index is 1.44. The molecule has 4 rings (SSSR count). The third kappa shape index (κ3) is 6.76. The summed E-state index contributed by atoms with van der Waals surface area (Å²) >= 11 is 5.00. The number of β-lactam (4-membered cyclic amide) rings is 1. The van der Waals surface area contributed by atoms with Gasteiger partial charge in [-0.2, -0.15) is 0 Å². The molecule has 0 radical (unpaired) electrons. The standard InChI is InChI=1S/C23H27N7O6S4/c1-5-6-11(12-9-38-20(25-12)27-21(35)36-23(2,3)4)15(31)26-13-16(32)30-14(18(33)34)10(7-37-17(13)30)8-39-22-29-28-19(24)40-22/h6,9,13,17H,5,7-8H2,1-4H3,(H2,24,28)(H,26,31)(H,33,34)(H,25,27,35)/b11-6-/t13-,17+/m1/s1. The number of nitrogens with zero attached hydrogens (tertiary/aromatic N) is 4. The molecule has 1 saturated heterocycles. The predicted molar refractivity (Wildman–Crippen MR) is 155 cm³/mol. The molecule has 0 aromatic carbocycles. The maximum atomic E-state index is 13.3. The van der Waals surface area contributed by atoms with Gasteiger partial charge in [-0.05, 0) is 32.8 Å². The molecule has 0 unspecified atom stereocenters. The summed E-state index contributed by atoms with van der Waals surface area (Å²) in [4.78, 5) is 56.1. The SMILES string of the molecule is CC/C=C(\C(=O)N[C@@H]1C(=O)N2C(C(=O)O)=C(CSc3nnc(N)s3)CS[C@@H]12)c1csc(NC(=O)OC(C)(C)C)n1. The Morgan fingerprint density at radius 2 is 2.08 bits per heavy atom. The highest BCUT2D eigenvalue weighted by Gasteiger charge is 2.54. The number of nitrogens with two attached hydrogens (primary N) is 1. The number of hydrogen-bond acceptors (Lipinski definition) is 13. The molecule has 4 heterocycles. The second-order valence-corrected chi connectivity index (χ2v) is 13.7. The third-order valence-electron chi connectivity index (χ3n) is 5.37. The molecule has 0 aliphatic carbocycles. The molecule has 3 amide bonds. The monoisotopic (exact) mass is 625 g/mol. The van der Waals surface area contributed by atoms with Crippen molar-refractivity contribution in [3.63, 3.8) is 0 Å². The Labute approximate surface area is 246 Å². The van der Waals surface area contributed by atoms with E-state index >= 15 is 0 Å². The number of allylic oxidation sites excluding steroid dienone is 1. The number of rotatable bonds is 9. The topological polar surface area (TPSA) is 190 Å². The third-order valence-corrected chi connectivity index (χ3v) is 9.44. The van der Waals surface area contributed by atoms with Crippen molar-refractivity contribution in [3.8, 4) is 0 Å². The van der Waals surface area contributed by atoms with Crippen molar-refractivity contribution in [3.05, 3.63) is 28.4 Å². The molecule has 17 heteroatoms. The Hall–Kier alpha value is -3.15. The van der Waals surface area contributed by atoms with Gasteiger partial charge in [0.2, 0.25) is 5.13 Å². The molecule has 2 aromatic rings. The second kappa shape index (κ2) is 12.2. The minimum atomic E-state index is -1.21.